The van der Waals surface area contributed by atoms with Crippen molar-refractivity contribution >= 4 is 5.90 Å². The molecule has 7 nitrogen and oxygen atoms in total. The van der Waals surface area contributed by atoms with Gasteiger partial charge in [-0.3, -0.25) is 10.4 Å². The highest BCUT2D eigenvalue weighted by Gasteiger charge is 2.79. The average Bonchev–Trinajstić information content (AvgIpc) is 2.80. The lowest BCUT2D eigenvalue weighted by Crippen LogP contribution is -2.72. The van der Waals surface area contributed by atoms with E-state index in [0.29, 0.717) is 18.4 Å². The van der Waals surface area contributed by atoms with E-state index in [1.165, 1.54) is 12.8 Å². The lowest BCUT2D eigenvalue weighted by Gasteiger charge is -2.62. The summed E-state index contributed by atoms with van der Waals surface area (Å²) >= 11 is 0. The van der Waals surface area contributed by atoms with Crippen LogP contribution in [0.25, 0.3) is 0 Å². The molecule has 4 fully saturated rings. The summed E-state index contributed by atoms with van der Waals surface area (Å²) in [5.74, 6) is -2.18. The van der Waals surface area contributed by atoms with Crippen LogP contribution in [0.1, 0.15) is 75.9 Å². The van der Waals surface area contributed by atoms with Gasteiger partial charge in [-0.2, -0.15) is 15.8 Å². The SMILES string of the molecule is N#CC1(C#N)[C@H]2CCCCCCCCCC[C@]23OC(=N)[C@@]1(C#N)[C@@H](c1ccncc1)O3. The number of fused-ring (bicyclic) bond motifs is 2. The first kappa shape index (κ1) is 21.3. The first-order valence-electron chi connectivity index (χ1n) is 11.2. The molecule has 3 saturated heterocycles. The smallest absolute Gasteiger partial charge is 0.218 e. The maximum atomic E-state index is 10.4. The molecule has 4 atom stereocenters. The summed E-state index contributed by atoms with van der Waals surface area (Å²) in [4.78, 5) is 4.04. The second-order valence-corrected chi connectivity index (χ2v) is 8.89. The van der Waals surface area contributed by atoms with Gasteiger partial charge in [0.2, 0.25) is 11.7 Å². The standard InChI is InChI=1S/C24H27N5O2/c25-15-22(16-26)19-9-7-5-3-1-2-4-6-8-12-24(19)30-20(18-10-13-29-14-11-18)23(22,17-27)21(28)31-24/h10-11,13-14,19-20,28H,1-9,12H2/t19-,20-,23-,24+/m1/s1. The fraction of sp³-hybridized carbons (Fsp3) is 0.625. The Morgan fingerprint density at radius 1 is 0.903 bits per heavy atom. The van der Waals surface area contributed by atoms with Gasteiger partial charge in [-0.15, -0.1) is 0 Å². The zero-order valence-corrected chi connectivity index (χ0v) is 17.6. The van der Waals surface area contributed by atoms with Gasteiger partial charge in [0.05, 0.1) is 24.1 Å². The monoisotopic (exact) mass is 417 g/mol. The van der Waals surface area contributed by atoms with Crippen LogP contribution in [0.2, 0.25) is 0 Å². The number of hydrogen-bond acceptors (Lipinski definition) is 7. The molecule has 0 amide bonds. The van der Waals surface area contributed by atoms with Crippen molar-refractivity contribution in [2.24, 2.45) is 16.7 Å². The average molecular weight is 418 g/mol. The van der Waals surface area contributed by atoms with E-state index in [4.69, 9.17) is 14.9 Å². The highest BCUT2D eigenvalue weighted by atomic mass is 16.7. The van der Waals surface area contributed by atoms with Crippen LogP contribution in [0.3, 0.4) is 0 Å². The maximum absolute atomic E-state index is 10.4. The zero-order chi connectivity index (χ0) is 22.0. The number of nitrogens with zero attached hydrogens (tertiary/aromatic N) is 4. The summed E-state index contributed by atoms with van der Waals surface area (Å²) in [7, 11) is 0. The third-order valence-corrected chi connectivity index (χ3v) is 7.33. The molecule has 31 heavy (non-hydrogen) atoms. The molecular formula is C24H27N5O2. The summed E-state index contributed by atoms with van der Waals surface area (Å²) < 4.78 is 12.7. The Labute approximate surface area is 183 Å². The maximum Gasteiger partial charge on any atom is 0.218 e. The van der Waals surface area contributed by atoms with Gasteiger partial charge in [-0.05, 0) is 30.5 Å². The van der Waals surface area contributed by atoms with Gasteiger partial charge in [-0.1, -0.05) is 44.9 Å². The molecule has 3 aliphatic heterocycles. The van der Waals surface area contributed by atoms with Crippen LogP contribution in [-0.4, -0.2) is 16.7 Å². The molecular weight excluding hydrogens is 390 g/mol. The van der Waals surface area contributed by atoms with E-state index < -0.39 is 28.6 Å². The summed E-state index contributed by atoms with van der Waals surface area (Å²) in [6.07, 6.45) is 11.6. The van der Waals surface area contributed by atoms with Crippen molar-refractivity contribution in [2.45, 2.75) is 76.1 Å². The number of ether oxygens (including phenoxy) is 2. The molecule has 2 bridgehead atoms. The van der Waals surface area contributed by atoms with Crippen molar-refractivity contribution in [3.05, 3.63) is 30.1 Å². The van der Waals surface area contributed by atoms with Crippen molar-refractivity contribution in [3.8, 4) is 18.2 Å². The van der Waals surface area contributed by atoms with E-state index in [2.05, 4.69) is 23.2 Å². The fourth-order valence-electron chi connectivity index (χ4n) is 5.74. The van der Waals surface area contributed by atoms with Gasteiger partial charge in [0.1, 0.15) is 6.10 Å². The van der Waals surface area contributed by atoms with E-state index in [0.717, 1.165) is 38.5 Å². The first-order chi connectivity index (χ1) is 15.1. The molecule has 5 rings (SSSR count). The number of aromatic nitrogens is 1. The van der Waals surface area contributed by atoms with E-state index in [-0.39, 0.29) is 5.90 Å². The van der Waals surface area contributed by atoms with Crippen molar-refractivity contribution in [3.63, 3.8) is 0 Å². The minimum absolute atomic E-state index is 0.325. The lowest BCUT2D eigenvalue weighted by molar-refractivity contribution is -0.355. The topological polar surface area (TPSA) is 127 Å². The minimum atomic E-state index is -1.83. The number of pyridine rings is 1. The van der Waals surface area contributed by atoms with Crippen molar-refractivity contribution in [1.82, 2.24) is 4.98 Å². The second-order valence-electron chi connectivity index (χ2n) is 8.89. The highest BCUT2D eigenvalue weighted by Crippen LogP contribution is 2.68. The Morgan fingerprint density at radius 3 is 2.13 bits per heavy atom. The van der Waals surface area contributed by atoms with Crippen LogP contribution in [0.5, 0.6) is 0 Å². The molecule has 4 heterocycles. The normalized spacial score (nSPS) is 35.1. The number of nitrogens with one attached hydrogen (secondary N) is 1. The van der Waals surface area contributed by atoms with Gasteiger partial charge in [0.15, 0.2) is 10.8 Å². The van der Waals surface area contributed by atoms with E-state index in [9.17, 15) is 15.8 Å². The van der Waals surface area contributed by atoms with E-state index in [1.807, 2.05) is 0 Å². The van der Waals surface area contributed by atoms with Crippen LogP contribution in [0.4, 0.5) is 0 Å². The van der Waals surface area contributed by atoms with Gasteiger partial charge < -0.3 is 9.47 Å². The predicted molar refractivity (Wildman–Crippen MR) is 111 cm³/mol. The Balaban J connectivity index is 1.89. The van der Waals surface area contributed by atoms with Crippen LogP contribution < -0.4 is 0 Å². The van der Waals surface area contributed by atoms with Gasteiger partial charge in [-0.25, -0.2) is 0 Å². The second kappa shape index (κ2) is 8.29. The van der Waals surface area contributed by atoms with E-state index in [1.54, 1.807) is 24.5 Å². The zero-order valence-electron chi connectivity index (χ0n) is 17.6. The molecule has 0 radical (unpaired) electrons. The molecule has 7 heteroatoms. The highest BCUT2D eigenvalue weighted by molar-refractivity contribution is 5.88. The summed E-state index contributed by atoms with van der Waals surface area (Å²) in [5, 5.41) is 40.0. The minimum Gasteiger partial charge on any atom is -0.447 e. The lowest BCUT2D eigenvalue weighted by atomic mass is 9.49. The Hall–Kier alpha value is -2.95. The number of nitriles is 3. The largest absolute Gasteiger partial charge is 0.447 e. The van der Waals surface area contributed by atoms with Crippen LogP contribution in [0.15, 0.2) is 24.5 Å². The molecule has 160 valence electrons. The predicted octanol–water partition coefficient (Wildman–Crippen LogP) is 4.93. The van der Waals surface area contributed by atoms with Gasteiger partial charge in [0, 0.05) is 18.8 Å². The van der Waals surface area contributed by atoms with Crippen LogP contribution in [0, 0.1) is 56.2 Å². The van der Waals surface area contributed by atoms with Crippen LogP contribution >= 0.6 is 0 Å². The van der Waals surface area contributed by atoms with Crippen molar-refractivity contribution in [2.75, 3.05) is 0 Å². The quantitative estimate of drug-likeness (QED) is 0.690. The van der Waals surface area contributed by atoms with Crippen molar-refractivity contribution in [1.29, 1.82) is 21.2 Å². The molecule has 1 saturated carbocycles. The fourth-order valence-corrected chi connectivity index (χ4v) is 5.74. The number of rotatable bonds is 1. The van der Waals surface area contributed by atoms with Gasteiger partial charge in [0.25, 0.3) is 0 Å². The summed E-state index contributed by atoms with van der Waals surface area (Å²) in [5.41, 5.74) is -2.93. The molecule has 4 aliphatic rings. The third kappa shape index (κ3) is 3.01. The van der Waals surface area contributed by atoms with E-state index >= 15 is 0 Å². The molecule has 1 spiro atoms. The molecule has 1 aromatic heterocycles. The van der Waals surface area contributed by atoms with Crippen LogP contribution in [-0.2, 0) is 9.47 Å². The Kier molecular flexibility index (Phi) is 5.69. The van der Waals surface area contributed by atoms with Gasteiger partial charge >= 0.3 is 0 Å². The first-order valence-corrected chi connectivity index (χ1v) is 11.2. The Bertz CT molecular complexity index is 945. The third-order valence-electron chi connectivity index (χ3n) is 7.33. The molecule has 0 unspecified atom stereocenters. The molecule has 1 aromatic rings. The molecule has 1 aliphatic carbocycles. The number of hydrogen-bond donors (Lipinski definition) is 1. The summed E-state index contributed by atoms with van der Waals surface area (Å²) in [6.45, 7) is 0. The molecule has 0 aromatic carbocycles. The Morgan fingerprint density at radius 2 is 1.52 bits per heavy atom. The molecule has 1 N–H and O–H groups in total. The van der Waals surface area contributed by atoms with Crippen molar-refractivity contribution < 1.29 is 9.47 Å². The summed E-state index contributed by atoms with van der Waals surface area (Å²) in [6, 6.07) is 10.1.